The Morgan fingerprint density at radius 1 is 0.688 bits per heavy atom. The van der Waals surface area contributed by atoms with Gasteiger partial charge in [-0.2, -0.15) is 0 Å². The van der Waals surface area contributed by atoms with Gasteiger partial charge in [-0.15, -0.1) is 0 Å². The number of rotatable bonds is 10. The highest BCUT2D eigenvalue weighted by Gasteiger charge is 2.30. The topological polar surface area (TPSA) is 116 Å². The summed E-state index contributed by atoms with van der Waals surface area (Å²) in [6.07, 6.45) is 0.283. The van der Waals surface area contributed by atoms with Crippen LogP contribution >= 0.6 is 21.6 Å². The van der Waals surface area contributed by atoms with Crippen molar-refractivity contribution >= 4 is 45.2 Å². The van der Waals surface area contributed by atoms with Crippen LogP contribution in [0, 0.1) is 5.41 Å². The SMILES string of the molecule is CCC(=O)NC(CSSCC(NC(=O)C(C)(C)C)C(=O)NC(C)(C)C)C(=O)NC(C)(C)C. The van der Waals surface area contributed by atoms with Crippen LogP contribution in [0.5, 0.6) is 0 Å². The summed E-state index contributed by atoms with van der Waals surface area (Å²) in [5.74, 6) is -0.276. The number of carbonyl (C=O) groups is 4. The molecule has 0 radical (unpaired) electrons. The van der Waals surface area contributed by atoms with Gasteiger partial charge in [0.05, 0.1) is 0 Å². The van der Waals surface area contributed by atoms with Crippen LogP contribution in [0.3, 0.4) is 0 Å². The summed E-state index contributed by atoms with van der Waals surface area (Å²) in [5.41, 5.74) is -1.48. The lowest BCUT2D eigenvalue weighted by atomic mass is 9.95. The largest absolute Gasteiger partial charge is 0.350 e. The van der Waals surface area contributed by atoms with Gasteiger partial charge in [0, 0.05) is 34.4 Å². The third kappa shape index (κ3) is 13.9. The van der Waals surface area contributed by atoms with E-state index in [1.54, 1.807) is 27.7 Å². The van der Waals surface area contributed by atoms with E-state index in [1.165, 1.54) is 21.6 Å². The van der Waals surface area contributed by atoms with Crippen molar-refractivity contribution in [3.63, 3.8) is 0 Å². The summed E-state index contributed by atoms with van der Waals surface area (Å²) >= 11 is 0. The molecular formula is C22H42N4O4S2. The average Bonchev–Trinajstić information content (AvgIpc) is 2.58. The minimum Gasteiger partial charge on any atom is -0.350 e. The van der Waals surface area contributed by atoms with Crippen molar-refractivity contribution in [2.24, 2.45) is 5.41 Å². The molecule has 0 saturated heterocycles. The zero-order valence-electron chi connectivity index (χ0n) is 21.2. The summed E-state index contributed by atoms with van der Waals surface area (Å²) in [4.78, 5) is 49.6. The highest BCUT2D eigenvalue weighted by Crippen LogP contribution is 2.24. The Kier molecular flexibility index (Phi) is 12.2. The van der Waals surface area contributed by atoms with E-state index in [0.29, 0.717) is 11.5 Å². The lowest BCUT2D eigenvalue weighted by molar-refractivity contribution is -0.133. The molecule has 2 atom stereocenters. The quantitative estimate of drug-likeness (QED) is 0.276. The molecule has 0 saturated carbocycles. The zero-order valence-corrected chi connectivity index (χ0v) is 22.9. The van der Waals surface area contributed by atoms with E-state index < -0.39 is 28.6 Å². The molecule has 0 aromatic carbocycles. The molecule has 0 aromatic rings. The van der Waals surface area contributed by atoms with Crippen molar-refractivity contribution < 1.29 is 19.2 Å². The number of nitrogens with one attached hydrogen (secondary N) is 4. The van der Waals surface area contributed by atoms with Gasteiger partial charge in [-0.25, -0.2) is 0 Å². The van der Waals surface area contributed by atoms with Gasteiger partial charge < -0.3 is 21.3 Å². The van der Waals surface area contributed by atoms with Gasteiger partial charge >= 0.3 is 0 Å². The third-order valence-corrected chi connectivity index (χ3v) is 6.25. The normalized spacial score (nSPS) is 14.2. The number of hydrogen-bond acceptors (Lipinski definition) is 6. The summed E-state index contributed by atoms with van der Waals surface area (Å²) in [6, 6.07) is -1.41. The maximum atomic E-state index is 12.7. The molecule has 4 amide bonds. The van der Waals surface area contributed by atoms with Crippen molar-refractivity contribution in [3.8, 4) is 0 Å². The van der Waals surface area contributed by atoms with Crippen molar-refractivity contribution in [1.29, 1.82) is 0 Å². The average molecular weight is 491 g/mol. The van der Waals surface area contributed by atoms with Crippen LogP contribution in [-0.2, 0) is 19.2 Å². The second-order valence-electron chi connectivity index (χ2n) is 10.8. The molecule has 0 spiro atoms. The van der Waals surface area contributed by atoms with Crippen LogP contribution in [0.4, 0.5) is 0 Å². The standard InChI is InChI=1S/C22H42N4O4S2/c1-11-16(27)23-14(17(28)25-21(5,6)7)12-31-32-13-15(18(29)26-22(8,9)10)24-19(30)20(2,3)4/h14-15H,11-13H2,1-10H3,(H,23,27)(H,24,30)(H,25,28)(H,26,29). The van der Waals surface area contributed by atoms with E-state index >= 15 is 0 Å². The molecule has 186 valence electrons. The molecule has 10 heteroatoms. The summed E-state index contributed by atoms with van der Waals surface area (Å²) in [7, 11) is 2.75. The Morgan fingerprint density at radius 2 is 1.06 bits per heavy atom. The Morgan fingerprint density at radius 3 is 1.38 bits per heavy atom. The van der Waals surface area contributed by atoms with Gasteiger partial charge in [0.2, 0.25) is 23.6 Å². The van der Waals surface area contributed by atoms with Gasteiger partial charge in [-0.05, 0) is 41.5 Å². The molecule has 0 heterocycles. The van der Waals surface area contributed by atoms with E-state index in [2.05, 4.69) is 21.3 Å². The molecule has 8 nitrogen and oxygen atoms in total. The zero-order chi connectivity index (χ0) is 25.3. The minimum absolute atomic E-state index is 0.204. The molecule has 0 aromatic heterocycles. The van der Waals surface area contributed by atoms with E-state index in [0.717, 1.165) is 0 Å². The molecule has 0 bridgehead atoms. The van der Waals surface area contributed by atoms with Crippen molar-refractivity contribution in [3.05, 3.63) is 0 Å². The van der Waals surface area contributed by atoms with Crippen molar-refractivity contribution in [2.45, 2.75) is 98.8 Å². The monoisotopic (exact) mass is 490 g/mol. The van der Waals surface area contributed by atoms with Crippen LogP contribution in [0.15, 0.2) is 0 Å². The van der Waals surface area contributed by atoms with Crippen LogP contribution in [0.2, 0.25) is 0 Å². The first kappa shape index (κ1) is 30.6. The first-order valence-corrected chi connectivity index (χ1v) is 13.3. The third-order valence-electron chi connectivity index (χ3n) is 3.82. The van der Waals surface area contributed by atoms with E-state index in [4.69, 9.17) is 0 Å². The fraction of sp³-hybridized carbons (Fsp3) is 0.818. The maximum absolute atomic E-state index is 12.7. The molecule has 32 heavy (non-hydrogen) atoms. The van der Waals surface area contributed by atoms with Crippen LogP contribution in [0.1, 0.15) is 75.7 Å². The summed E-state index contributed by atoms with van der Waals surface area (Å²) in [5, 5.41) is 11.4. The molecule has 2 unspecified atom stereocenters. The van der Waals surface area contributed by atoms with Crippen molar-refractivity contribution in [2.75, 3.05) is 11.5 Å². The molecule has 0 aliphatic heterocycles. The minimum atomic E-state index is -0.717. The second-order valence-corrected chi connectivity index (χ2v) is 13.3. The highest BCUT2D eigenvalue weighted by molar-refractivity contribution is 8.76. The molecule has 0 rings (SSSR count). The van der Waals surface area contributed by atoms with Gasteiger partial charge in [0.15, 0.2) is 0 Å². The van der Waals surface area contributed by atoms with Gasteiger partial charge in [0.1, 0.15) is 12.1 Å². The van der Waals surface area contributed by atoms with E-state index in [-0.39, 0.29) is 30.0 Å². The van der Waals surface area contributed by atoms with Crippen LogP contribution in [0.25, 0.3) is 0 Å². The number of amides is 4. The Labute approximate surface area is 201 Å². The van der Waals surface area contributed by atoms with Gasteiger partial charge in [-0.1, -0.05) is 49.3 Å². The Hall–Kier alpha value is -1.42. The van der Waals surface area contributed by atoms with Gasteiger partial charge in [0.25, 0.3) is 0 Å². The highest BCUT2D eigenvalue weighted by atomic mass is 33.1. The Bertz CT molecular complexity index is 664. The predicted molar refractivity (Wildman–Crippen MR) is 134 cm³/mol. The number of carbonyl (C=O) groups excluding carboxylic acids is 4. The Balaban J connectivity index is 5.11. The molecule has 0 fully saturated rings. The van der Waals surface area contributed by atoms with E-state index in [9.17, 15) is 19.2 Å². The number of hydrogen-bond donors (Lipinski definition) is 4. The van der Waals surface area contributed by atoms with Gasteiger partial charge in [-0.3, -0.25) is 19.2 Å². The van der Waals surface area contributed by atoms with Crippen LogP contribution in [-0.4, -0.2) is 58.3 Å². The molecule has 0 aliphatic rings. The lowest BCUT2D eigenvalue weighted by Gasteiger charge is -2.28. The molecular weight excluding hydrogens is 448 g/mol. The fourth-order valence-electron chi connectivity index (χ4n) is 2.18. The molecule has 0 aliphatic carbocycles. The summed E-state index contributed by atoms with van der Waals surface area (Å²) in [6.45, 7) is 18.4. The lowest BCUT2D eigenvalue weighted by Crippen LogP contribution is -2.55. The van der Waals surface area contributed by atoms with Crippen molar-refractivity contribution in [1.82, 2.24) is 21.3 Å². The first-order valence-electron chi connectivity index (χ1n) is 10.8. The molecule has 4 N–H and O–H groups in total. The predicted octanol–water partition coefficient (Wildman–Crippen LogP) is 2.62. The smallest absolute Gasteiger partial charge is 0.243 e. The fourth-order valence-corrected chi connectivity index (χ4v) is 4.51. The van der Waals surface area contributed by atoms with Crippen LogP contribution < -0.4 is 21.3 Å². The summed E-state index contributed by atoms with van der Waals surface area (Å²) < 4.78 is 0. The first-order chi connectivity index (χ1) is 14.4. The second kappa shape index (κ2) is 12.7. The maximum Gasteiger partial charge on any atom is 0.243 e. The van der Waals surface area contributed by atoms with E-state index in [1.807, 2.05) is 41.5 Å².